The molecule has 0 heterocycles. The van der Waals surface area contributed by atoms with E-state index in [0.717, 1.165) is 37.1 Å². The second-order valence-corrected chi connectivity index (χ2v) is 6.94. The fourth-order valence-corrected chi connectivity index (χ4v) is 3.10. The van der Waals surface area contributed by atoms with E-state index in [9.17, 15) is 4.79 Å². The van der Waals surface area contributed by atoms with Gasteiger partial charge in [-0.25, -0.2) is 0 Å². The van der Waals surface area contributed by atoms with Crippen molar-refractivity contribution < 1.29 is 4.79 Å². The third-order valence-electron chi connectivity index (χ3n) is 4.27. The molecule has 21 heavy (non-hydrogen) atoms. The normalized spacial score (nSPS) is 20.8. The number of hydrogen-bond donors (Lipinski definition) is 2. The molecule has 1 amide bonds. The predicted octanol–water partition coefficient (Wildman–Crippen LogP) is 4.21. The van der Waals surface area contributed by atoms with E-state index in [4.69, 9.17) is 0 Å². The Hall–Kier alpha value is -1.51. The first kappa shape index (κ1) is 15.9. The van der Waals surface area contributed by atoms with Crippen LogP contribution in [-0.4, -0.2) is 18.5 Å². The molecule has 3 heteroatoms. The van der Waals surface area contributed by atoms with Gasteiger partial charge in [-0.1, -0.05) is 27.2 Å². The van der Waals surface area contributed by atoms with Crippen LogP contribution >= 0.6 is 0 Å². The van der Waals surface area contributed by atoms with E-state index in [1.54, 1.807) is 0 Å². The molecule has 3 nitrogen and oxygen atoms in total. The van der Waals surface area contributed by atoms with Gasteiger partial charge in [-0.3, -0.25) is 4.79 Å². The zero-order valence-electron chi connectivity index (χ0n) is 13.5. The molecule has 2 rings (SSSR count). The summed E-state index contributed by atoms with van der Waals surface area (Å²) in [5.74, 6) is 0.0553. The average Bonchev–Trinajstić information content (AvgIpc) is 2.44. The van der Waals surface area contributed by atoms with Crippen LogP contribution in [0.3, 0.4) is 0 Å². The average molecular weight is 288 g/mol. The Bertz CT molecular complexity index is 465. The molecule has 0 bridgehead atoms. The predicted molar refractivity (Wildman–Crippen MR) is 88.7 cm³/mol. The van der Waals surface area contributed by atoms with E-state index in [1.807, 2.05) is 24.3 Å². The monoisotopic (exact) mass is 288 g/mol. The van der Waals surface area contributed by atoms with E-state index < -0.39 is 0 Å². The van der Waals surface area contributed by atoms with Crippen molar-refractivity contribution in [3.63, 3.8) is 0 Å². The van der Waals surface area contributed by atoms with Crippen molar-refractivity contribution in [1.29, 1.82) is 0 Å². The minimum atomic E-state index is 0.0553. The maximum absolute atomic E-state index is 12.3. The lowest BCUT2D eigenvalue weighted by atomic mass is 9.75. The lowest BCUT2D eigenvalue weighted by Crippen LogP contribution is -2.40. The molecule has 116 valence electrons. The second kappa shape index (κ2) is 6.97. The van der Waals surface area contributed by atoms with Gasteiger partial charge in [0.2, 0.25) is 0 Å². The zero-order chi connectivity index (χ0) is 15.3. The maximum atomic E-state index is 12.3. The third kappa shape index (κ3) is 4.76. The summed E-state index contributed by atoms with van der Waals surface area (Å²) in [5, 5.41) is 6.51. The lowest BCUT2D eigenvalue weighted by Gasteiger charge is -2.35. The molecule has 1 aliphatic carbocycles. The first-order chi connectivity index (χ1) is 10.00. The van der Waals surface area contributed by atoms with Crippen LogP contribution < -0.4 is 10.6 Å². The molecule has 1 unspecified atom stereocenters. The molecule has 0 radical (unpaired) electrons. The van der Waals surface area contributed by atoms with Crippen molar-refractivity contribution in [3.05, 3.63) is 29.8 Å². The molecule has 0 aromatic heterocycles. The fraction of sp³-hybridized carbons (Fsp3) is 0.611. The summed E-state index contributed by atoms with van der Waals surface area (Å²) in [5.41, 5.74) is 2.18. The highest BCUT2D eigenvalue weighted by Gasteiger charge is 2.28. The first-order valence-corrected chi connectivity index (χ1v) is 8.15. The van der Waals surface area contributed by atoms with Crippen molar-refractivity contribution in [2.24, 2.45) is 5.41 Å². The van der Waals surface area contributed by atoms with Crippen LogP contribution in [0.15, 0.2) is 24.3 Å². The lowest BCUT2D eigenvalue weighted by molar-refractivity contribution is 0.0902. The molecule has 0 aliphatic heterocycles. The highest BCUT2D eigenvalue weighted by atomic mass is 16.1. The summed E-state index contributed by atoms with van der Waals surface area (Å²) in [6, 6.07) is 8.09. The van der Waals surface area contributed by atoms with E-state index in [-0.39, 0.29) is 5.91 Å². The molecule has 1 atom stereocenters. The van der Waals surface area contributed by atoms with Crippen molar-refractivity contribution >= 4 is 11.6 Å². The SMILES string of the molecule is CCCNc1ccc(C(=O)NC2CCCC(C)(C)C2)cc1. The molecular weight excluding hydrogens is 260 g/mol. The summed E-state index contributed by atoms with van der Waals surface area (Å²) in [4.78, 5) is 12.3. The van der Waals surface area contributed by atoms with Crippen molar-refractivity contribution in [2.75, 3.05) is 11.9 Å². The number of amides is 1. The third-order valence-corrected chi connectivity index (χ3v) is 4.27. The van der Waals surface area contributed by atoms with Crippen LogP contribution in [0, 0.1) is 5.41 Å². The van der Waals surface area contributed by atoms with E-state index in [1.165, 1.54) is 12.8 Å². The molecule has 1 fully saturated rings. The van der Waals surface area contributed by atoms with E-state index >= 15 is 0 Å². The summed E-state index contributed by atoms with van der Waals surface area (Å²) >= 11 is 0. The molecule has 0 spiro atoms. The van der Waals surface area contributed by atoms with Crippen LogP contribution in [0.25, 0.3) is 0 Å². The van der Waals surface area contributed by atoms with Crippen LogP contribution in [0.1, 0.15) is 63.2 Å². The first-order valence-electron chi connectivity index (χ1n) is 8.15. The van der Waals surface area contributed by atoms with Crippen LogP contribution in [0.2, 0.25) is 0 Å². The van der Waals surface area contributed by atoms with E-state index in [2.05, 4.69) is 31.4 Å². The van der Waals surface area contributed by atoms with Gasteiger partial charge in [0, 0.05) is 23.8 Å². The number of benzene rings is 1. The van der Waals surface area contributed by atoms with Gasteiger partial charge in [0.05, 0.1) is 0 Å². The van der Waals surface area contributed by atoms with Crippen LogP contribution in [0.5, 0.6) is 0 Å². The molecule has 1 aromatic carbocycles. The van der Waals surface area contributed by atoms with Crippen molar-refractivity contribution in [3.8, 4) is 0 Å². The summed E-state index contributed by atoms with van der Waals surface area (Å²) in [6.45, 7) is 7.68. The summed E-state index contributed by atoms with van der Waals surface area (Å²) < 4.78 is 0. The Labute approximate surface area is 128 Å². The molecule has 1 saturated carbocycles. The van der Waals surface area contributed by atoms with Gasteiger partial charge in [0.15, 0.2) is 0 Å². The zero-order valence-corrected chi connectivity index (χ0v) is 13.5. The molecule has 0 saturated heterocycles. The van der Waals surface area contributed by atoms with Gasteiger partial charge in [0.25, 0.3) is 5.91 Å². The Morgan fingerprint density at radius 1 is 1.29 bits per heavy atom. The van der Waals surface area contributed by atoms with E-state index in [0.29, 0.717) is 11.5 Å². The van der Waals surface area contributed by atoms with Gasteiger partial charge in [0.1, 0.15) is 0 Å². The minimum absolute atomic E-state index is 0.0553. The van der Waals surface area contributed by atoms with Crippen LogP contribution in [0.4, 0.5) is 5.69 Å². The Morgan fingerprint density at radius 3 is 2.62 bits per heavy atom. The van der Waals surface area contributed by atoms with Gasteiger partial charge >= 0.3 is 0 Å². The number of carbonyl (C=O) groups excluding carboxylic acids is 1. The molecule has 1 aliphatic rings. The van der Waals surface area contributed by atoms with Gasteiger partial charge < -0.3 is 10.6 Å². The Morgan fingerprint density at radius 2 is 2.00 bits per heavy atom. The number of hydrogen-bond acceptors (Lipinski definition) is 2. The van der Waals surface area contributed by atoms with Crippen molar-refractivity contribution in [1.82, 2.24) is 5.32 Å². The number of nitrogens with one attached hydrogen (secondary N) is 2. The minimum Gasteiger partial charge on any atom is -0.385 e. The maximum Gasteiger partial charge on any atom is 0.251 e. The Kier molecular flexibility index (Phi) is 5.27. The number of rotatable bonds is 5. The Balaban J connectivity index is 1.91. The summed E-state index contributed by atoms with van der Waals surface area (Å²) in [7, 11) is 0. The largest absolute Gasteiger partial charge is 0.385 e. The molecule has 1 aromatic rings. The topological polar surface area (TPSA) is 41.1 Å². The van der Waals surface area contributed by atoms with Crippen molar-refractivity contribution in [2.45, 2.75) is 58.9 Å². The number of anilines is 1. The highest BCUT2D eigenvalue weighted by Crippen LogP contribution is 2.35. The fourth-order valence-electron chi connectivity index (χ4n) is 3.10. The number of carbonyl (C=O) groups is 1. The standard InChI is InChI=1S/C18H28N2O/c1-4-12-19-15-9-7-14(8-10-15)17(21)20-16-6-5-11-18(2,3)13-16/h7-10,16,19H,4-6,11-13H2,1-3H3,(H,20,21). The summed E-state index contributed by atoms with van der Waals surface area (Å²) in [6.07, 6.45) is 5.74. The van der Waals surface area contributed by atoms with Gasteiger partial charge in [-0.05, 0) is 55.4 Å². The van der Waals surface area contributed by atoms with Gasteiger partial charge in [-0.15, -0.1) is 0 Å². The smallest absolute Gasteiger partial charge is 0.251 e. The second-order valence-electron chi connectivity index (χ2n) is 6.94. The highest BCUT2D eigenvalue weighted by molar-refractivity contribution is 5.94. The van der Waals surface area contributed by atoms with Gasteiger partial charge in [-0.2, -0.15) is 0 Å². The molecular formula is C18H28N2O. The molecule has 2 N–H and O–H groups in total. The van der Waals surface area contributed by atoms with Crippen LogP contribution in [-0.2, 0) is 0 Å². The quantitative estimate of drug-likeness (QED) is 0.852.